The molecule has 1 amide bonds. The van der Waals surface area contributed by atoms with Gasteiger partial charge in [-0.15, -0.1) is 0 Å². The van der Waals surface area contributed by atoms with Gasteiger partial charge >= 0.3 is 0 Å². The van der Waals surface area contributed by atoms with Crippen molar-refractivity contribution in [3.63, 3.8) is 0 Å². The molecule has 0 atom stereocenters. The highest BCUT2D eigenvalue weighted by molar-refractivity contribution is 6.34. The Morgan fingerprint density at radius 2 is 1.84 bits per heavy atom. The van der Waals surface area contributed by atoms with Gasteiger partial charge in [-0.2, -0.15) is 0 Å². The van der Waals surface area contributed by atoms with Gasteiger partial charge in [-0.25, -0.2) is 0 Å². The molecular weight excluding hydrogens is 355 g/mol. The minimum absolute atomic E-state index is 0.0345. The Kier molecular flexibility index (Phi) is 4.20. The normalized spacial score (nSPS) is 13.2. The van der Waals surface area contributed by atoms with E-state index in [1.54, 1.807) is 17.3 Å². The number of amides is 1. The molecule has 5 heteroatoms. The highest BCUT2D eigenvalue weighted by Gasteiger charge is 2.30. The maximum atomic E-state index is 12.7. The predicted molar refractivity (Wildman–Crippen MR) is 99.7 cm³/mol. The van der Waals surface area contributed by atoms with Crippen molar-refractivity contribution in [3.05, 3.63) is 87.7 Å². The molecule has 124 valence electrons. The number of carbonyl (C=O) groups is 1. The lowest BCUT2D eigenvalue weighted by Crippen LogP contribution is -2.23. The first kappa shape index (κ1) is 16.1. The fraction of sp³-hybridized carbons (Fsp3) is 0.100. The number of hydrogen-bond donors (Lipinski definition) is 0. The molecule has 0 N–H and O–H groups in total. The summed E-state index contributed by atoms with van der Waals surface area (Å²) in [7, 11) is 0. The van der Waals surface area contributed by atoms with E-state index in [0.29, 0.717) is 28.7 Å². The van der Waals surface area contributed by atoms with Gasteiger partial charge in [0.15, 0.2) is 0 Å². The van der Waals surface area contributed by atoms with Crippen molar-refractivity contribution in [1.29, 1.82) is 0 Å². The summed E-state index contributed by atoms with van der Waals surface area (Å²) < 4.78 is 0. The zero-order chi connectivity index (χ0) is 17.4. The first-order valence-corrected chi connectivity index (χ1v) is 8.64. The monoisotopic (exact) mass is 368 g/mol. The van der Waals surface area contributed by atoms with Crippen LogP contribution in [0.1, 0.15) is 21.5 Å². The van der Waals surface area contributed by atoms with Crippen LogP contribution < -0.4 is 0 Å². The van der Waals surface area contributed by atoms with E-state index in [2.05, 4.69) is 4.98 Å². The number of benzene rings is 2. The van der Waals surface area contributed by atoms with Crippen LogP contribution in [0, 0.1) is 0 Å². The van der Waals surface area contributed by atoms with Crippen molar-refractivity contribution in [3.8, 4) is 11.1 Å². The Morgan fingerprint density at radius 3 is 2.56 bits per heavy atom. The van der Waals surface area contributed by atoms with Gasteiger partial charge < -0.3 is 4.90 Å². The number of halogens is 2. The number of carbonyl (C=O) groups excluding carboxylic acids is 1. The van der Waals surface area contributed by atoms with Crippen LogP contribution in [0.25, 0.3) is 11.1 Å². The summed E-state index contributed by atoms with van der Waals surface area (Å²) in [4.78, 5) is 18.7. The van der Waals surface area contributed by atoms with Crippen molar-refractivity contribution in [2.24, 2.45) is 0 Å². The van der Waals surface area contributed by atoms with Gasteiger partial charge in [0.05, 0.1) is 10.6 Å². The second-order valence-electron chi connectivity index (χ2n) is 6.02. The fourth-order valence-corrected chi connectivity index (χ4v) is 3.55. The van der Waals surface area contributed by atoms with Crippen LogP contribution in [0.15, 0.2) is 60.9 Å². The largest absolute Gasteiger partial charge is 0.330 e. The van der Waals surface area contributed by atoms with Gasteiger partial charge in [0.1, 0.15) is 0 Å². The quantitative estimate of drug-likeness (QED) is 0.635. The zero-order valence-corrected chi connectivity index (χ0v) is 14.8. The molecule has 25 heavy (non-hydrogen) atoms. The molecule has 1 aromatic heterocycles. The van der Waals surface area contributed by atoms with Gasteiger partial charge in [0.2, 0.25) is 0 Å². The molecule has 0 unspecified atom stereocenters. The molecule has 4 rings (SSSR count). The third-order valence-corrected chi connectivity index (χ3v) is 4.87. The second kappa shape index (κ2) is 6.51. The number of aromatic nitrogens is 1. The number of nitrogens with zero attached hydrogens (tertiary/aromatic N) is 2. The maximum Gasteiger partial charge on any atom is 0.256 e. The molecule has 3 aromatic rings. The molecule has 0 radical (unpaired) electrons. The summed E-state index contributed by atoms with van der Waals surface area (Å²) in [5.41, 5.74) is 4.54. The minimum Gasteiger partial charge on any atom is -0.330 e. The highest BCUT2D eigenvalue weighted by Crippen LogP contribution is 2.34. The summed E-state index contributed by atoms with van der Waals surface area (Å²) in [6, 6.07) is 15.2. The lowest BCUT2D eigenvalue weighted by molar-refractivity contribution is 0.0767. The van der Waals surface area contributed by atoms with E-state index in [4.69, 9.17) is 23.2 Å². The maximum absolute atomic E-state index is 12.7. The van der Waals surface area contributed by atoms with Crippen molar-refractivity contribution in [1.82, 2.24) is 9.88 Å². The molecule has 1 aliphatic heterocycles. The Morgan fingerprint density at radius 1 is 1.04 bits per heavy atom. The fourth-order valence-electron chi connectivity index (χ4n) is 3.10. The number of pyridine rings is 1. The van der Waals surface area contributed by atoms with E-state index < -0.39 is 0 Å². The molecule has 0 aliphatic carbocycles. The molecule has 0 spiro atoms. The van der Waals surface area contributed by atoms with Crippen LogP contribution >= 0.6 is 23.2 Å². The predicted octanol–water partition coefficient (Wildman–Crippen LogP) is 5.21. The Bertz CT molecular complexity index is 940. The molecule has 2 heterocycles. The summed E-state index contributed by atoms with van der Waals surface area (Å²) in [5.74, 6) is -0.0345. The summed E-state index contributed by atoms with van der Waals surface area (Å²) in [6.07, 6.45) is 3.52. The molecule has 2 aromatic carbocycles. The van der Waals surface area contributed by atoms with Crippen LogP contribution in [-0.4, -0.2) is 15.8 Å². The van der Waals surface area contributed by atoms with Gasteiger partial charge in [0.25, 0.3) is 5.91 Å². The average molecular weight is 369 g/mol. The molecule has 0 fully saturated rings. The smallest absolute Gasteiger partial charge is 0.256 e. The topological polar surface area (TPSA) is 33.2 Å². The molecule has 0 saturated carbocycles. The van der Waals surface area contributed by atoms with Crippen molar-refractivity contribution < 1.29 is 4.79 Å². The van der Waals surface area contributed by atoms with E-state index in [1.807, 2.05) is 48.5 Å². The van der Waals surface area contributed by atoms with E-state index in [-0.39, 0.29) is 5.91 Å². The average Bonchev–Trinajstić information content (AvgIpc) is 2.94. The number of fused-ring (bicyclic) bond motifs is 1. The van der Waals surface area contributed by atoms with Crippen LogP contribution in [-0.2, 0) is 13.1 Å². The van der Waals surface area contributed by atoms with Crippen LogP contribution in [0.4, 0.5) is 0 Å². The van der Waals surface area contributed by atoms with E-state index >= 15 is 0 Å². The zero-order valence-electron chi connectivity index (χ0n) is 13.2. The standard InChI is InChI=1S/C20H14Cl2N2O/c21-17-5-3-13(4-6-17)11-24-12-16-8-15(14-2-1-7-23-10-14)9-18(22)19(16)20(24)25/h1-10H,11-12H2. The van der Waals surface area contributed by atoms with Gasteiger partial charge in [-0.1, -0.05) is 41.4 Å². The molecule has 3 nitrogen and oxygen atoms in total. The van der Waals surface area contributed by atoms with E-state index in [0.717, 1.165) is 22.3 Å². The second-order valence-corrected chi connectivity index (χ2v) is 6.87. The highest BCUT2D eigenvalue weighted by atomic mass is 35.5. The SMILES string of the molecule is O=C1c2c(Cl)cc(-c3cccnc3)cc2CN1Cc1ccc(Cl)cc1. The summed E-state index contributed by atoms with van der Waals surface area (Å²) >= 11 is 12.3. The summed E-state index contributed by atoms with van der Waals surface area (Å²) in [5, 5.41) is 1.17. The molecule has 0 saturated heterocycles. The third kappa shape index (κ3) is 3.13. The Labute approximate surface area is 155 Å². The lowest BCUT2D eigenvalue weighted by atomic mass is 10.0. The van der Waals surface area contributed by atoms with Crippen LogP contribution in [0.3, 0.4) is 0 Å². The van der Waals surface area contributed by atoms with E-state index in [1.165, 1.54) is 0 Å². The van der Waals surface area contributed by atoms with Crippen LogP contribution in [0.2, 0.25) is 10.0 Å². The first-order chi connectivity index (χ1) is 12.1. The molecule has 0 bridgehead atoms. The Balaban J connectivity index is 1.64. The Hall–Kier alpha value is -2.36. The van der Waals surface area contributed by atoms with Crippen LogP contribution in [0.5, 0.6) is 0 Å². The van der Waals surface area contributed by atoms with Crippen molar-refractivity contribution in [2.75, 3.05) is 0 Å². The first-order valence-electron chi connectivity index (χ1n) is 7.88. The third-order valence-electron chi connectivity index (χ3n) is 4.32. The van der Waals surface area contributed by atoms with Gasteiger partial charge in [-0.3, -0.25) is 9.78 Å². The minimum atomic E-state index is -0.0345. The van der Waals surface area contributed by atoms with E-state index in [9.17, 15) is 4.79 Å². The van der Waals surface area contributed by atoms with Crippen molar-refractivity contribution in [2.45, 2.75) is 13.1 Å². The van der Waals surface area contributed by atoms with Crippen molar-refractivity contribution >= 4 is 29.1 Å². The summed E-state index contributed by atoms with van der Waals surface area (Å²) in [6.45, 7) is 1.08. The number of hydrogen-bond acceptors (Lipinski definition) is 2. The lowest BCUT2D eigenvalue weighted by Gasteiger charge is -2.15. The van der Waals surface area contributed by atoms with Gasteiger partial charge in [0, 0.05) is 36.1 Å². The van der Waals surface area contributed by atoms with Gasteiger partial charge in [-0.05, 0) is 47.0 Å². The molecular formula is C20H14Cl2N2O. The number of rotatable bonds is 3. The molecule has 1 aliphatic rings.